The maximum atomic E-state index is 12.0. The summed E-state index contributed by atoms with van der Waals surface area (Å²) >= 11 is 9.20. The van der Waals surface area contributed by atoms with Crippen molar-refractivity contribution in [1.82, 2.24) is 10.3 Å². The number of amides is 1. The average Bonchev–Trinajstić information content (AvgIpc) is 2.33. The van der Waals surface area contributed by atoms with Gasteiger partial charge in [0.1, 0.15) is 5.15 Å². The molecule has 1 N–H and O–H groups in total. The van der Waals surface area contributed by atoms with E-state index >= 15 is 0 Å². The molecule has 0 spiro atoms. The molecule has 92 valence electrons. The van der Waals surface area contributed by atoms with Gasteiger partial charge in [-0.15, -0.1) is 0 Å². The van der Waals surface area contributed by atoms with E-state index in [1.54, 1.807) is 12.3 Å². The molecule has 1 aliphatic carbocycles. The van der Waals surface area contributed by atoms with Crippen molar-refractivity contribution in [2.24, 2.45) is 0 Å². The highest BCUT2D eigenvalue weighted by Crippen LogP contribution is 2.21. The summed E-state index contributed by atoms with van der Waals surface area (Å²) < 4.78 is 0.760. The lowest BCUT2D eigenvalue weighted by Gasteiger charge is -2.22. The van der Waals surface area contributed by atoms with Gasteiger partial charge in [0.15, 0.2) is 0 Å². The number of carbonyl (C=O) groups is 1. The quantitative estimate of drug-likeness (QED) is 0.847. The standard InChI is InChI=1S/C12H14BrClN2O/c13-8-6-10(11(14)15-7-8)12(17)16-9-4-2-1-3-5-9/h6-7,9H,1-5H2,(H,16,17). The lowest BCUT2D eigenvalue weighted by Crippen LogP contribution is -2.36. The molecule has 5 heteroatoms. The fraction of sp³-hybridized carbons (Fsp3) is 0.500. The third-order valence-corrected chi connectivity index (χ3v) is 3.73. The molecule has 0 atom stereocenters. The molecular weight excluding hydrogens is 304 g/mol. The summed E-state index contributed by atoms with van der Waals surface area (Å²) in [6.45, 7) is 0. The van der Waals surface area contributed by atoms with Crippen LogP contribution in [-0.4, -0.2) is 16.9 Å². The second kappa shape index (κ2) is 5.83. The van der Waals surface area contributed by atoms with E-state index in [1.807, 2.05) is 0 Å². The van der Waals surface area contributed by atoms with Crippen LogP contribution < -0.4 is 5.32 Å². The van der Waals surface area contributed by atoms with Crippen molar-refractivity contribution in [3.63, 3.8) is 0 Å². The maximum absolute atomic E-state index is 12.0. The van der Waals surface area contributed by atoms with Gasteiger partial charge in [0.05, 0.1) is 5.56 Å². The first-order chi connectivity index (χ1) is 8.16. The molecule has 1 heterocycles. The number of rotatable bonds is 2. The first-order valence-corrected chi connectivity index (χ1v) is 6.96. The van der Waals surface area contributed by atoms with Gasteiger partial charge in [-0.1, -0.05) is 30.9 Å². The number of hydrogen-bond acceptors (Lipinski definition) is 2. The number of aromatic nitrogens is 1. The lowest BCUT2D eigenvalue weighted by molar-refractivity contribution is 0.0927. The van der Waals surface area contributed by atoms with Gasteiger partial charge in [-0.3, -0.25) is 4.79 Å². The molecule has 1 aromatic rings. The molecule has 0 unspecified atom stereocenters. The monoisotopic (exact) mass is 316 g/mol. The fourth-order valence-electron chi connectivity index (χ4n) is 2.09. The first-order valence-electron chi connectivity index (χ1n) is 5.79. The van der Waals surface area contributed by atoms with E-state index in [2.05, 4.69) is 26.2 Å². The normalized spacial score (nSPS) is 16.8. The van der Waals surface area contributed by atoms with Crippen molar-refractivity contribution in [2.45, 2.75) is 38.1 Å². The molecule has 0 bridgehead atoms. The highest BCUT2D eigenvalue weighted by molar-refractivity contribution is 9.10. The van der Waals surface area contributed by atoms with Crippen LogP contribution in [0.2, 0.25) is 5.15 Å². The van der Waals surface area contributed by atoms with E-state index in [9.17, 15) is 4.79 Å². The molecule has 1 fully saturated rings. The van der Waals surface area contributed by atoms with E-state index in [-0.39, 0.29) is 17.1 Å². The largest absolute Gasteiger partial charge is 0.349 e. The summed E-state index contributed by atoms with van der Waals surface area (Å²) in [6, 6.07) is 1.99. The van der Waals surface area contributed by atoms with Gasteiger partial charge < -0.3 is 5.32 Å². The Hall–Kier alpha value is -0.610. The summed E-state index contributed by atoms with van der Waals surface area (Å²) in [5.41, 5.74) is 0.437. The molecule has 1 amide bonds. The molecule has 1 aliphatic rings. The summed E-state index contributed by atoms with van der Waals surface area (Å²) in [5, 5.41) is 3.27. The van der Waals surface area contributed by atoms with Gasteiger partial charge >= 0.3 is 0 Å². The van der Waals surface area contributed by atoms with Crippen molar-refractivity contribution in [3.05, 3.63) is 27.5 Å². The molecule has 0 aromatic carbocycles. The second-order valence-corrected chi connectivity index (χ2v) is 5.57. The predicted molar refractivity (Wildman–Crippen MR) is 71.3 cm³/mol. The van der Waals surface area contributed by atoms with E-state index < -0.39 is 0 Å². The number of halogens is 2. The van der Waals surface area contributed by atoms with Crippen LogP contribution in [0.5, 0.6) is 0 Å². The van der Waals surface area contributed by atoms with Crippen LogP contribution in [-0.2, 0) is 0 Å². The summed E-state index contributed by atoms with van der Waals surface area (Å²) in [6.07, 6.45) is 7.35. The topological polar surface area (TPSA) is 42.0 Å². The molecule has 17 heavy (non-hydrogen) atoms. The molecule has 1 aromatic heterocycles. The van der Waals surface area contributed by atoms with Gasteiger partial charge in [0, 0.05) is 16.7 Å². The summed E-state index contributed by atoms with van der Waals surface area (Å²) in [5.74, 6) is -0.129. The molecule has 0 saturated heterocycles. The Balaban J connectivity index is 2.05. The molecular formula is C12H14BrClN2O. The van der Waals surface area contributed by atoms with Gasteiger partial charge in [0.25, 0.3) is 5.91 Å². The number of carbonyl (C=O) groups excluding carboxylic acids is 1. The van der Waals surface area contributed by atoms with Crippen molar-refractivity contribution >= 4 is 33.4 Å². The number of nitrogens with zero attached hydrogens (tertiary/aromatic N) is 1. The summed E-state index contributed by atoms with van der Waals surface area (Å²) in [7, 11) is 0. The second-order valence-electron chi connectivity index (χ2n) is 4.30. The zero-order valence-corrected chi connectivity index (χ0v) is 11.7. The van der Waals surface area contributed by atoms with Crippen LogP contribution in [0.3, 0.4) is 0 Å². The van der Waals surface area contributed by atoms with Crippen molar-refractivity contribution in [1.29, 1.82) is 0 Å². The van der Waals surface area contributed by atoms with Crippen LogP contribution in [0.4, 0.5) is 0 Å². The van der Waals surface area contributed by atoms with Crippen LogP contribution >= 0.6 is 27.5 Å². The first kappa shape index (κ1) is 12.8. The van der Waals surface area contributed by atoms with E-state index in [0.717, 1.165) is 17.3 Å². The maximum Gasteiger partial charge on any atom is 0.254 e. The Morgan fingerprint density at radius 2 is 2.12 bits per heavy atom. The predicted octanol–water partition coefficient (Wildman–Crippen LogP) is 3.56. The van der Waals surface area contributed by atoms with Gasteiger partial charge in [-0.2, -0.15) is 0 Å². The molecule has 1 saturated carbocycles. The zero-order valence-electron chi connectivity index (χ0n) is 9.38. The van der Waals surface area contributed by atoms with E-state index in [1.165, 1.54) is 19.3 Å². The van der Waals surface area contributed by atoms with Gasteiger partial charge in [-0.25, -0.2) is 4.98 Å². The van der Waals surface area contributed by atoms with Crippen molar-refractivity contribution in [2.75, 3.05) is 0 Å². The smallest absolute Gasteiger partial charge is 0.254 e. The lowest BCUT2D eigenvalue weighted by atomic mass is 9.95. The highest BCUT2D eigenvalue weighted by Gasteiger charge is 2.18. The van der Waals surface area contributed by atoms with E-state index in [0.29, 0.717) is 5.56 Å². The minimum Gasteiger partial charge on any atom is -0.349 e. The Bertz CT molecular complexity index is 419. The Labute approximate surface area is 114 Å². The Kier molecular flexibility index (Phi) is 4.40. The minimum absolute atomic E-state index is 0.129. The number of pyridine rings is 1. The van der Waals surface area contributed by atoms with Crippen LogP contribution in [0.1, 0.15) is 42.5 Å². The van der Waals surface area contributed by atoms with Crippen molar-refractivity contribution in [3.8, 4) is 0 Å². The van der Waals surface area contributed by atoms with Crippen molar-refractivity contribution < 1.29 is 4.79 Å². The number of hydrogen-bond donors (Lipinski definition) is 1. The molecule has 2 rings (SSSR count). The summed E-state index contributed by atoms with van der Waals surface area (Å²) in [4.78, 5) is 16.0. The number of nitrogens with one attached hydrogen (secondary N) is 1. The highest BCUT2D eigenvalue weighted by atomic mass is 79.9. The zero-order chi connectivity index (χ0) is 12.3. The fourth-order valence-corrected chi connectivity index (χ4v) is 2.61. The Morgan fingerprint density at radius 3 is 2.82 bits per heavy atom. The third-order valence-electron chi connectivity index (χ3n) is 2.99. The average molecular weight is 318 g/mol. The van der Waals surface area contributed by atoms with E-state index in [4.69, 9.17) is 11.6 Å². The minimum atomic E-state index is -0.129. The Morgan fingerprint density at radius 1 is 1.41 bits per heavy atom. The molecule has 0 aliphatic heterocycles. The molecule has 3 nitrogen and oxygen atoms in total. The van der Waals surface area contributed by atoms with Crippen LogP contribution in [0.25, 0.3) is 0 Å². The van der Waals surface area contributed by atoms with Gasteiger partial charge in [0.2, 0.25) is 0 Å². The van der Waals surface area contributed by atoms with Crippen LogP contribution in [0.15, 0.2) is 16.7 Å². The van der Waals surface area contributed by atoms with Crippen LogP contribution in [0, 0.1) is 0 Å². The third kappa shape index (κ3) is 3.42. The molecule has 0 radical (unpaired) electrons. The SMILES string of the molecule is O=C(NC1CCCCC1)c1cc(Br)cnc1Cl. The van der Waals surface area contributed by atoms with Gasteiger partial charge in [-0.05, 0) is 34.8 Å².